The summed E-state index contributed by atoms with van der Waals surface area (Å²) in [4.78, 5) is 69.7. The van der Waals surface area contributed by atoms with Crippen LogP contribution in [0, 0.1) is 0 Å². The van der Waals surface area contributed by atoms with Gasteiger partial charge in [-0.1, -0.05) is 30.0 Å². The zero-order valence-corrected chi connectivity index (χ0v) is 32.9. The first-order valence-electron chi connectivity index (χ1n) is 16.2. The fraction of sp³-hybridized carbons (Fsp3) is 0.167. The Labute approximate surface area is 333 Å². The van der Waals surface area contributed by atoms with Crippen LogP contribution in [0.25, 0.3) is 34.2 Å². The second-order valence-electron chi connectivity index (χ2n) is 10.6. The molecule has 0 bridgehead atoms. The van der Waals surface area contributed by atoms with Crippen molar-refractivity contribution in [3.8, 4) is 34.2 Å². The number of thioether (sulfide) groups is 1. The molecule has 6 rings (SSSR count). The molecular weight excluding hydrogens is 799 g/mol. The van der Waals surface area contributed by atoms with Crippen LogP contribution in [0.5, 0.6) is 0 Å². The van der Waals surface area contributed by atoms with Crippen LogP contribution in [0.15, 0.2) is 125 Å². The quantitative estimate of drug-likeness (QED) is 0.0744. The number of sulfone groups is 1. The van der Waals surface area contributed by atoms with Gasteiger partial charge in [-0.05, 0) is 54.6 Å². The number of hydrogen-bond donors (Lipinski definition) is 0. The second-order valence-corrected chi connectivity index (χ2v) is 14.8. The highest BCUT2D eigenvalue weighted by Crippen LogP contribution is 2.19. The van der Waals surface area contributed by atoms with Crippen molar-refractivity contribution in [2.45, 2.75) is 15.5 Å². The molecule has 0 aliphatic rings. The molecule has 18 nitrogen and oxygen atoms in total. The highest BCUT2D eigenvalue weighted by Gasteiger charge is 2.23. The fourth-order valence-electron chi connectivity index (χ4n) is 4.01. The summed E-state index contributed by atoms with van der Waals surface area (Å²) in [6.45, 7) is 0. The first-order valence-corrected chi connectivity index (χ1v) is 20.2. The maximum absolute atomic E-state index is 11.9. The van der Waals surface area contributed by atoms with Crippen molar-refractivity contribution >= 4 is 50.3 Å². The van der Waals surface area contributed by atoms with Gasteiger partial charge in [0.15, 0.2) is 10.9 Å². The molecule has 0 N–H and O–H groups in total. The molecule has 6 aromatic rings. The molecule has 0 amide bonds. The lowest BCUT2D eigenvalue weighted by Gasteiger charge is -2.04. The number of ether oxygens (including phenoxy) is 3. The van der Waals surface area contributed by atoms with E-state index in [1.54, 1.807) is 73.3 Å². The van der Waals surface area contributed by atoms with Crippen molar-refractivity contribution in [3.63, 3.8) is 0 Å². The summed E-state index contributed by atoms with van der Waals surface area (Å²) in [5.74, 6) is -2.59. The number of methoxy groups -OCH3 is 3. The lowest BCUT2D eigenvalue weighted by atomic mass is 10.3. The van der Waals surface area contributed by atoms with Crippen LogP contribution >= 0.6 is 11.8 Å². The largest absolute Gasteiger partial charge is 0.468 e. The van der Waals surface area contributed by atoms with Crippen LogP contribution in [-0.4, -0.2) is 114 Å². The molecule has 21 heteroatoms. The summed E-state index contributed by atoms with van der Waals surface area (Å²) in [5, 5.41) is 0.197. The monoisotopic (exact) mass is 831 g/mol. The van der Waals surface area contributed by atoms with Crippen LogP contribution in [0.1, 0.15) is 0 Å². The number of esters is 3. The molecule has 0 saturated heterocycles. The lowest BCUT2D eigenvalue weighted by Crippen LogP contribution is -2.19. The van der Waals surface area contributed by atoms with E-state index >= 15 is 0 Å². The zero-order chi connectivity index (χ0) is 41.0. The van der Waals surface area contributed by atoms with Gasteiger partial charge in [0, 0.05) is 37.2 Å². The van der Waals surface area contributed by atoms with Gasteiger partial charge in [-0.15, -0.1) is 0 Å². The number of carbonyl (C=O) groups excluding carboxylic acids is 3. The van der Waals surface area contributed by atoms with Gasteiger partial charge in [-0.2, -0.15) is 0 Å². The van der Waals surface area contributed by atoms with Crippen LogP contribution in [0.4, 0.5) is 0 Å². The Morgan fingerprint density at radius 3 is 1.56 bits per heavy atom. The van der Waals surface area contributed by atoms with Gasteiger partial charge in [0.2, 0.25) is 20.2 Å². The SMILES string of the molecule is COC(=O)CS(=O)(=O)c1nccc(-c2ccccn2)n1.COC(=O)CS(=O)c1nccc(-c2ccccn2)n1.COC(=O)CSc1nccc(-c2ccccn2)n1. The van der Waals surface area contributed by atoms with Gasteiger partial charge >= 0.3 is 17.9 Å². The molecule has 6 aromatic heterocycles. The summed E-state index contributed by atoms with van der Waals surface area (Å²) in [7, 11) is -1.84. The van der Waals surface area contributed by atoms with E-state index in [1.807, 2.05) is 24.3 Å². The highest BCUT2D eigenvalue weighted by atomic mass is 32.2. The van der Waals surface area contributed by atoms with Crippen molar-refractivity contribution in [1.82, 2.24) is 44.9 Å². The number of rotatable bonds is 12. The van der Waals surface area contributed by atoms with Crippen LogP contribution in [-0.2, 0) is 49.2 Å². The summed E-state index contributed by atoms with van der Waals surface area (Å²) in [5.41, 5.74) is 3.61. The van der Waals surface area contributed by atoms with E-state index in [0.29, 0.717) is 27.9 Å². The Hall–Kier alpha value is -6.45. The highest BCUT2D eigenvalue weighted by molar-refractivity contribution is 7.99. The average molecular weight is 832 g/mol. The lowest BCUT2D eigenvalue weighted by molar-refractivity contribution is -0.138. The molecule has 0 aromatic carbocycles. The molecule has 294 valence electrons. The Balaban J connectivity index is 0.000000190. The Bertz CT molecular complexity index is 2380. The van der Waals surface area contributed by atoms with E-state index in [1.165, 1.54) is 38.4 Å². The summed E-state index contributed by atoms with van der Waals surface area (Å²) in [6, 6.07) is 21.2. The summed E-state index contributed by atoms with van der Waals surface area (Å²) >= 11 is 1.24. The molecule has 1 unspecified atom stereocenters. The molecule has 1 atom stereocenters. The second kappa shape index (κ2) is 22.2. The minimum atomic E-state index is -3.93. The van der Waals surface area contributed by atoms with E-state index in [2.05, 4.69) is 59.1 Å². The minimum Gasteiger partial charge on any atom is -0.468 e. The van der Waals surface area contributed by atoms with Crippen LogP contribution in [0.3, 0.4) is 0 Å². The third kappa shape index (κ3) is 14.0. The molecule has 0 radical (unpaired) electrons. The third-order valence-electron chi connectivity index (χ3n) is 6.72. The van der Waals surface area contributed by atoms with E-state index in [9.17, 15) is 27.0 Å². The van der Waals surface area contributed by atoms with Gasteiger partial charge in [0.25, 0.3) is 0 Å². The molecule has 0 aliphatic carbocycles. The minimum absolute atomic E-state index is 0.0913. The number of pyridine rings is 3. The molecule has 0 fully saturated rings. The Morgan fingerprint density at radius 2 is 1.05 bits per heavy atom. The van der Waals surface area contributed by atoms with E-state index in [4.69, 9.17) is 0 Å². The molecule has 0 saturated carbocycles. The van der Waals surface area contributed by atoms with Crippen molar-refractivity contribution in [2.24, 2.45) is 0 Å². The normalized spacial score (nSPS) is 11.0. The predicted molar refractivity (Wildman–Crippen MR) is 206 cm³/mol. The van der Waals surface area contributed by atoms with Gasteiger partial charge in [-0.25, -0.2) is 38.3 Å². The van der Waals surface area contributed by atoms with Gasteiger partial charge < -0.3 is 14.2 Å². The third-order valence-corrected chi connectivity index (χ3v) is 10.0. The van der Waals surface area contributed by atoms with Crippen LogP contribution in [0.2, 0.25) is 0 Å². The average Bonchev–Trinajstić information content (AvgIpc) is 3.26. The first-order chi connectivity index (χ1) is 27.5. The van der Waals surface area contributed by atoms with E-state index in [0.717, 1.165) is 18.5 Å². The van der Waals surface area contributed by atoms with E-state index < -0.39 is 43.5 Å². The maximum atomic E-state index is 11.9. The van der Waals surface area contributed by atoms with Gasteiger partial charge in [0.1, 0.15) is 16.6 Å². The number of hydrogen-bond acceptors (Lipinski definition) is 19. The van der Waals surface area contributed by atoms with Crippen molar-refractivity contribution in [3.05, 3.63) is 110 Å². The molecule has 6 heterocycles. The molecule has 57 heavy (non-hydrogen) atoms. The topological polar surface area (TPSA) is 246 Å². The zero-order valence-electron chi connectivity index (χ0n) is 30.4. The van der Waals surface area contributed by atoms with Crippen molar-refractivity contribution in [1.29, 1.82) is 0 Å². The standard InChI is InChI=1S/C12H11N3O4S.C12H11N3O3S.C12H11N3O2S/c1-19-11(16)8-20(17,18)12-14-7-5-10(15-12)9-4-2-3-6-13-9;1-18-11(16)8-19(17)12-14-7-5-10(15-12)9-4-2-3-6-13-9;1-17-11(16)8-18-12-14-7-5-10(15-12)9-4-2-3-6-13-9/h2-7H,8H2,1H3;2-7H,8H2,1H3;2-7H,8H2,1H3. The number of nitrogens with zero attached hydrogens (tertiary/aromatic N) is 9. The van der Waals surface area contributed by atoms with E-state index in [-0.39, 0.29) is 22.6 Å². The molecular formula is C36H33N9O9S3. The maximum Gasteiger partial charge on any atom is 0.321 e. The predicted octanol–water partition coefficient (Wildman–Crippen LogP) is 3.11. The summed E-state index contributed by atoms with van der Waals surface area (Å²) < 4.78 is 49.1. The Kier molecular flexibility index (Phi) is 16.8. The summed E-state index contributed by atoms with van der Waals surface area (Å²) in [6.07, 6.45) is 9.36. The fourth-order valence-corrected chi connectivity index (χ4v) is 6.53. The number of aromatic nitrogens is 9. The van der Waals surface area contributed by atoms with Crippen LogP contribution < -0.4 is 0 Å². The first kappa shape index (κ1) is 43.3. The van der Waals surface area contributed by atoms with Gasteiger partial charge in [-0.3, -0.25) is 33.5 Å². The smallest absolute Gasteiger partial charge is 0.321 e. The molecule has 0 aliphatic heterocycles. The molecule has 0 spiro atoms. The Morgan fingerprint density at radius 1 is 0.561 bits per heavy atom. The van der Waals surface area contributed by atoms with Crippen molar-refractivity contribution in [2.75, 3.05) is 38.6 Å². The number of carbonyl (C=O) groups is 3. The van der Waals surface area contributed by atoms with Crippen molar-refractivity contribution < 1.29 is 41.2 Å². The van der Waals surface area contributed by atoms with Gasteiger partial charge in [0.05, 0.1) is 61.2 Å².